The molecule has 0 saturated carbocycles. The molecule has 4 N–H and O–H groups in total. The Morgan fingerprint density at radius 3 is 1.58 bits per heavy atom. The zero-order valence-corrected chi connectivity index (χ0v) is 14.8. The van der Waals surface area contributed by atoms with E-state index < -0.39 is 0 Å². The third-order valence-electron chi connectivity index (χ3n) is 4.43. The van der Waals surface area contributed by atoms with Crippen molar-refractivity contribution in [3.63, 3.8) is 0 Å². The van der Waals surface area contributed by atoms with Crippen LogP contribution in [-0.4, -0.2) is 15.0 Å². The van der Waals surface area contributed by atoms with Crippen LogP contribution < -0.4 is 11.5 Å². The molecule has 0 saturated heterocycles. The van der Waals surface area contributed by atoms with Crippen LogP contribution in [0, 0.1) is 0 Å². The standard InChI is InChI=1S/C21H25N5/c22-18(12-10-16-6-1-3-14-24-16)20-8-5-9-21(26-20)19(23)13-11-17-7-2-4-15-25-17/h1-9,14-15,18-19H,10-13,22-23H2. The molecule has 0 aromatic carbocycles. The third-order valence-corrected chi connectivity index (χ3v) is 4.43. The number of pyridine rings is 3. The molecule has 0 fully saturated rings. The van der Waals surface area contributed by atoms with Gasteiger partial charge in [0.2, 0.25) is 0 Å². The first kappa shape index (κ1) is 18.2. The summed E-state index contributed by atoms with van der Waals surface area (Å²) in [6, 6.07) is 17.5. The van der Waals surface area contributed by atoms with Crippen molar-refractivity contribution in [2.75, 3.05) is 0 Å². The van der Waals surface area contributed by atoms with Gasteiger partial charge in [-0.3, -0.25) is 15.0 Å². The number of hydrogen-bond donors (Lipinski definition) is 2. The van der Waals surface area contributed by atoms with Crippen LogP contribution in [0.5, 0.6) is 0 Å². The SMILES string of the molecule is NC(CCc1ccccn1)c1cccc(C(N)CCc2ccccn2)n1. The van der Waals surface area contributed by atoms with Gasteiger partial charge >= 0.3 is 0 Å². The van der Waals surface area contributed by atoms with Gasteiger partial charge in [0.05, 0.1) is 11.4 Å². The first-order chi connectivity index (χ1) is 12.7. The van der Waals surface area contributed by atoms with Crippen molar-refractivity contribution in [3.05, 3.63) is 89.8 Å². The topological polar surface area (TPSA) is 90.7 Å². The van der Waals surface area contributed by atoms with Crippen LogP contribution in [-0.2, 0) is 12.8 Å². The fraction of sp³-hybridized carbons (Fsp3) is 0.286. The number of nitrogens with zero attached hydrogens (tertiary/aromatic N) is 3. The van der Waals surface area contributed by atoms with E-state index in [1.807, 2.05) is 54.6 Å². The predicted molar refractivity (Wildman–Crippen MR) is 103 cm³/mol. The highest BCUT2D eigenvalue weighted by molar-refractivity contribution is 5.17. The van der Waals surface area contributed by atoms with E-state index in [0.717, 1.165) is 48.5 Å². The van der Waals surface area contributed by atoms with E-state index in [1.54, 1.807) is 12.4 Å². The summed E-state index contributed by atoms with van der Waals surface area (Å²) >= 11 is 0. The second-order valence-corrected chi connectivity index (χ2v) is 6.42. The second kappa shape index (κ2) is 9.17. The Morgan fingerprint density at radius 1 is 0.654 bits per heavy atom. The van der Waals surface area contributed by atoms with E-state index >= 15 is 0 Å². The quantitative estimate of drug-likeness (QED) is 0.653. The van der Waals surface area contributed by atoms with Gasteiger partial charge in [0.15, 0.2) is 0 Å². The normalized spacial score (nSPS) is 13.3. The largest absolute Gasteiger partial charge is 0.323 e. The van der Waals surface area contributed by atoms with Gasteiger partial charge in [0.1, 0.15) is 0 Å². The monoisotopic (exact) mass is 347 g/mol. The molecule has 0 aliphatic heterocycles. The number of hydrogen-bond acceptors (Lipinski definition) is 5. The van der Waals surface area contributed by atoms with Crippen molar-refractivity contribution in [2.45, 2.75) is 37.8 Å². The lowest BCUT2D eigenvalue weighted by Gasteiger charge is -2.15. The van der Waals surface area contributed by atoms with E-state index in [-0.39, 0.29) is 12.1 Å². The molecule has 3 heterocycles. The lowest BCUT2D eigenvalue weighted by Crippen LogP contribution is -2.18. The fourth-order valence-electron chi connectivity index (χ4n) is 2.88. The number of aryl methyl sites for hydroxylation is 2. The lowest BCUT2D eigenvalue weighted by atomic mass is 10.0. The van der Waals surface area contributed by atoms with Gasteiger partial charge in [-0.2, -0.15) is 0 Å². The highest BCUT2D eigenvalue weighted by Gasteiger charge is 2.13. The van der Waals surface area contributed by atoms with Crippen LogP contribution >= 0.6 is 0 Å². The molecule has 5 nitrogen and oxygen atoms in total. The molecule has 26 heavy (non-hydrogen) atoms. The maximum Gasteiger partial charge on any atom is 0.0575 e. The summed E-state index contributed by atoms with van der Waals surface area (Å²) in [6.45, 7) is 0. The highest BCUT2D eigenvalue weighted by atomic mass is 14.8. The molecule has 3 aromatic rings. The van der Waals surface area contributed by atoms with E-state index in [9.17, 15) is 0 Å². The summed E-state index contributed by atoms with van der Waals surface area (Å²) in [5, 5.41) is 0. The van der Waals surface area contributed by atoms with E-state index in [2.05, 4.69) is 9.97 Å². The maximum absolute atomic E-state index is 6.34. The van der Waals surface area contributed by atoms with Crippen LogP contribution in [0.25, 0.3) is 0 Å². The first-order valence-electron chi connectivity index (χ1n) is 9.00. The zero-order valence-electron chi connectivity index (χ0n) is 14.8. The van der Waals surface area contributed by atoms with Crippen molar-refractivity contribution >= 4 is 0 Å². The summed E-state index contributed by atoms with van der Waals surface area (Å²) < 4.78 is 0. The van der Waals surface area contributed by atoms with Gasteiger partial charge in [-0.05, 0) is 62.1 Å². The van der Waals surface area contributed by atoms with Gasteiger partial charge in [-0.1, -0.05) is 18.2 Å². The van der Waals surface area contributed by atoms with Crippen LogP contribution in [0.15, 0.2) is 67.0 Å². The molecule has 2 unspecified atom stereocenters. The van der Waals surface area contributed by atoms with Gasteiger partial charge in [-0.25, -0.2) is 0 Å². The van der Waals surface area contributed by atoms with Crippen LogP contribution in [0.2, 0.25) is 0 Å². The molecule has 0 amide bonds. The first-order valence-corrected chi connectivity index (χ1v) is 9.00. The third kappa shape index (κ3) is 5.18. The highest BCUT2D eigenvalue weighted by Crippen LogP contribution is 2.19. The smallest absolute Gasteiger partial charge is 0.0575 e. The Balaban J connectivity index is 1.58. The average molecular weight is 347 g/mol. The minimum absolute atomic E-state index is 0.125. The molecule has 2 atom stereocenters. The maximum atomic E-state index is 6.34. The van der Waals surface area contributed by atoms with E-state index in [4.69, 9.17) is 16.5 Å². The molecule has 0 aliphatic carbocycles. The van der Waals surface area contributed by atoms with Gasteiger partial charge in [0.25, 0.3) is 0 Å². The molecule has 0 spiro atoms. The van der Waals surface area contributed by atoms with Crippen molar-refractivity contribution in [1.29, 1.82) is 0 Å². The summed E-state index contributed by atoms with van der Waals surface area (Å²) in [5.74, 6) is 0. The zero-order chi connectivity index (χ0) is 18.2. The molecule has 134 valence electrons. The van der Waals surface area contributed by atoms with Crippen LogP contribution in [0.3, 0.4) is 0 Å². The Kier molecular flexibility index (Phi) is 6.41. The minimum Gasteiger partial charge on any atom is -0.323 e. The van der Waals surface area contributed by atoms with Crippen molar-refractivity contribution in [3.8, 4) is 0 Å². The molecule has 0 radical (unpaired) electrons. The average Bonchev–Trinajstić information content (AvgIpc) is 2.72. The van der Waals surface area contributed by atoms with Gasteiger partial charge < -0.3 is 11.5 Å². The van der Waals surface area contributed by atoms with Crippen molar-refractivity contribution in [1.82, 2.24) is 15.0 Å². The summed E-state index contributed by atoms with van der Waals surface area (Å²) in [6.07, 6.45) is 6.88. The lowest BCUT2D eigenvalue weighted by molar-refractivity contribution is 0.596. The summed E-state index contributed by atoms with van der Waals surface area (Å²) in [4.78, 5) is 13.4. The number of rotatable bonds is 8. The Bertz CT molecular complexity index is 727. The number of nitrogens with two attached hydrogens (primary N) is 2. The molecular weight excluding hydrogens is 322 g/mol. The fourth-order valence-corrected chi connectivity index (χ4v) is 2.88. The molecule has 3 aromatic heterocycles. The molecular formula is C21H25N5. The molecule has 3 rings (SSSR count). The van der Waals surface area contributed by atoms with Crippen LogP contribution in [0.4, 0.5) is 0 Å². The second-order valence-electron chi connectivity index (χ2n) is 6.42. The van der Waals surface area contributed by atoms with E-state index in [0.29, 0.717) is 0 Å². The molecule has 0 bridgehead atoms. The summed E-state index contributed by atoms with van der Waals surface area (Å²) in [7, 11) is 0. The Hall–Kier alpha value is -2.63. The molecule has 0 aliphatic rings. The minimum atomic E-state index is -0.125. The predicted octanol–water partition coefficient (Wildman–Crippen LogP) is 3.14. The van der Waals surface area contributed by atoms with E-state index in [1.165, 1.54) is 0 Å². The Morgan fingerprint density at radius 2 is 1.15 bits per heavy atom. The molecule has 5 heteroatoms. The van der Waals surface area contributed by atoms with Crippen molar-refractivity contribution in [2.24, 2.45) is 11.5 Å². The van der Waals surface area contributed by atoms with Gasteiger partial charge in [-0.15, -0.1) is 0 Å². The number of aromatic nitrogens is 3. The Labute approximate surface area is 154 Å². The van der Waals surface area contributed by atoms with Crippen LogP contribution in [0.1, 0.15) is 47.7 Å². The summed E-state index contributed by atoms with van der Waals surface area (Å²) in [5.41, 5.74) is 16.5. The van der Waals surface area contributed by atoms with Crippen molar-refractivity contribution < 1.29 is 0 Å². The van der Waals surface area contributed by atoms with Gasteiger partial charge in [0, 0.05) is 35.9 Å².